The first-order valence-corrected chi connectivity index (χ1v) is 13.8. The Kier molecular flexibility index (Phi) is 5.59. The third kappa shape index (κ3) is 3.86. The van der Waals surface area contributed by atoms with Crippen molar-refractivity contribution in [2.75, 3.05) is 0 Å². The van der Waals surface area contributed by atoms with Crippen LogP contribution in [0.1, 0.15) is 50.7 Å². The fraction of sp³-hybridized carbons (Fsp3) is 0.171. The number of pyridine rings is 1. The first-order valence-electron chi connectivity index (χ1n) is 13.8. The van der Waals surface area contributed by atoms with E-state index in [0.717, 1.165) is 44.8 Å². The Labute approximate surface area is 229 Å². The molecule has 0 spiro atoms. The topological polar surface area (TPSA) is 35.3 Å². The number of para-hydroxylation sites is 1. The van der Waals surface area contributed by atoms with Gasteiger partial charge in [-0.2, -0.15) is 0 Å². The largest absolute Gasteiger partial charge is 0.465 e. The molecule has 1 aliphatic heterocycles. The summed E-state index contributed by atoms with van der Waals surface area (Å²) in [5.74, 6) is 2.44. The van der Waals surface area contributed by atoms with E-state index in [1.54, 1.807) is 0 Å². The van der Waals surface area contributed by atoms with E-state index in [0.29, 0.717) is 11.8 Å². The number of hydrogen-bond acceptors (Lipinski definition) is 3. The van der Waals surface area contributed by atoms with Gasteiger partial charge < -0.3 is 9.15 Å². The van der Waals surface area contributed by atoms with Crippen LogP contribution in [0.2, 0.25) is 0 Å². The molecule has 2 aromatic heterocycles. The lowest BCUT2D eigenvalue weighted by atomic mass is 9.36. The third-order valence-electron chi connectivity index (χ3n) is 8.01. The molecule has 0 atom stereocenters. The van der Waals surface area contributed by atoms with E-state index in [1.807, 2.05) is 12.3 Å². The molecule has 0 radical (unpaired) electrons. The van der Waals surface area contributed by atoms with Gasteiger partial charge in [-0.3, -0.25) is 4.98 Å². The fourth-order valence-electron chi connectivity index (χ4n) is 6.09. The van der Waals surface area contributed by atoms with E-state index in [-0.39, 0.29) is 6.71 Å². The lowest BCUT2D eigenvalue weighted by Gasteiger charge is -2.28. The van der Waals surface area contributed by atoms with Crippen molar-refractivity contribution in [1.29, 1.82) is 0 Å². The number of hydrogen-bond donors (Lipinski definition) is 0. The van der Waals surface area contributed by atoms with Crippen LogP contribution >= 0.6 is 0 Å². The van der Waals surface area contributed by atoms with Crippen LogP contribution in [0, 0.1) is 0 Å². The molecule has 3 heterocycles. The quantitative estimate of drug-likeness (QED) is 0.231. The van der Waals surface area contributed by atoms with Gasteiger partial charge in [-0.1, -0.05) is 106 Å². The Bertz CT molecular complexity index is 1840. The van der Waals surface area contributed by atoms with Gasteiger partial charge in [0.25, 0.3) is 6.71 Å². The summed E-state index contributed by atoms with van der Waals surface area (Å²) in [6.45, 7) is 9.03. The van der Waals surface area contributed by atoms with Crippen molar-refractivity contribution >= 4 is 45.0 Å². The van der Waals surface area contributed by atoms with Gasteiger partial charge in [0.1, 0.15) is 11.4 Å². The van der Waals surface area contributed by atoms with Crippen LogP contribution in [0.5, 0.6) is 11.5 Å². The average Bonchev–Trinajstić information content (AvgIpc) is 3.32. The summed E-state index contributed by atoms with van der Waals surface area (Å²) in [7, 11) is 0. The molecule has 0 bridgehead atoms. The number of nitrogens with zero attached hydrogens (tertiary/aromatic N) is 1. The van der Waals surface area contributed by atoms with Gasteiger partial charge in [0.05, 0.1) is 17.3 Å². The summed E-state index contributed by atoms with van der Waals surface area (Å²) in [5.41, 5.74) is 8.76. The highest BCUT2D eigenvalue weighted by molar-refractivity contribution is 6.97. The van der Waals surface area contributed by atoms with E-state index in [2.05, 4.69) is 113 Å². The summed E-state index contributed by atoms with van der Waals surface area (Å²) >= 11 is 0. The van der Waals surface area contributed by atoms with Gasteiger partial charge in [0, 0.05) is 5.56 Å². The van der Waals surface area contributed by atoms with Gasteiger partial charge >= 0.3 is 0 Å². The minimum Gasteiger partial charge on any atom is -0.465 e. The van der Waals surface area contributed by atoms with Crippen LogP contribution in [-0.4, -0.2) is 11.7 Å². The minimum atomic E-state index is -0.0579. The van der Waals surface area contributed by atoms with E-state index >= 15 is 0 Å². The predicted molar refractivity (Wildman–Crippen MR) is 163 cm³/mol. The molecular weight excluding hydrogens is 477 g/mol. The predicted octanol–water partition coefficient (Wildman–Crippen LogP) is 7.52. The molecule has 4 aromatic carbocycles. The molecule has 190 valence electrons. The van der Waals surface area contributed by atoms with Crippen molar-refractivity contribution in [2.45, 2.75) is 39.5 Å². The highest BCUT2D eigenvalue weighted by Crippen LogP contribution is 2.36. The Hall–Kier alpha value is -4.31. The molecule has 3 nitrogen and oxygen atoms in total. The second-order valence-electron chi connectivity index (χ2n) is 11.2. The molecule has 0 amide bonds. The smallest absolute Gasteiger partial charge is 0.297 e. The maximum absolute atomic E-state index is 6.66. The van der Waals surface area contributed by atoms with Crippen molar-refractivity contribution < 1.29 is 9.15 Å². The number of fused-ring (bicyclic) bond motifs is 5. The van der Waals surface area contributed by atoms with Gasteiger partial charge in [-0.25, -0.2) is 0 Å². The lowest BCUT2D eigenvalue weighted by molar-refractivity contribution is 0.482. The molecule has 0 fully saturated rings. The highest BCUT2D eigenvalue weighted by Gasteiger charge is 2.40. The Morgan fingerprint density at radius 3 is 2.21 bits per heavy atom. The van der Waals surface area contributed by atoms with Crippen LogP contribution in [0.4, 0.5) is 0 Å². The van der Waals surface area contributed by atoms with E-state index in [9.17, 15) is 0 Å². The van der Waals surface area contributed by atoms with Crippen molar-refractivity contribution in [2.24, 2.45) is 0 Å². The summed E-state index contributed by atoms with van der Waals surface area (Å²) in [6, 6.07) is 32.1. The summed E-state index contributed by atoms with van der Waals surface area (Å²) in [6.07, 6.45) is 1.85. The number of ether oxygens (including phenoxy) is 1. The van der Waals surface area contributed by atoms with E-state index in [1.165, 1.54) is 27.4 Å². The zero-order valence-electron chi connectivity index (χ0n) is 22.7. The lowest BCUT2D eigenvalue weighted by Crippen LogP contribution is -2.56. The minimum absolute atomic E-state index is 0.0579. The van der Waals surface area contributed by atoms with Gasteiger partial charge in [0.2, 0.25) is 0 Å². The van der Waals surface area contributed by atoms with Crippen molar-refractivity contribution in [3.8, 4) is 22.8 Å². The first kappa shape index (κ1) is 23.8. The van der Waals surface area contributed by atoms with Gasteiger partial charge in [-0.15, -0.1) is 0 Å². The Morgan fingerprint density at radius 1 is 0.718 bits per heavy atom. The average molecular weight is 507 g/mol. The second-order valence-corrected chi connectivity index (χ2v) is 11.2. The number of rotatable bonds is 4. The van der Waals surface area contributed by atoms with E-state index in [4.69, 9.17) is 14.1 Å². The molecular formula is C35H30BNO2. The van der Waals surface area contributed by atoms with Crippen molar-refractivity contribution in [1.82, 2.24) is 4.98 Å². The second kappa shape index (κ2) is 9.16. The molecule has 0 aliphatic carbocycles. The molecule has 0 saturated carbocycles. The van der Waals surface area contributed by atoms with Crippen LogP contribution in [0.3, 0.4) is 0 Å². The molecule has 6 aromatic rings. The fourth-order valence-corrected chi connectivity index (χ4v) is 6.09. The van der Waals surface area contributed by atoms with Crippen LogP contribution in [-0.2, 0) is 0 Å². The van der Waals surface area contributed by atoms with Crippen molar-refractivity contribution in [3.05, 3.63) is 108 Å². The normalized spacial score (nSPS) is 12.7. The molecule has 1 aliphatic rings. The Morgan fingerprint density at radius 2 is 1.44 bits per heavy atom. The van der Waals surface area contributed by atoms with Gasteiger partial charge in [-0.05, 0) is 57.4 Å². The summed E-state index contributed by atoms with van der Waals surface area (Å²) in [4.78, 5) is 4.82. The molecule has 0 unspecified atom stereocenters. The highest BCUT2D eigenvalue weighted by atomic mass is 16.5. The number of furan rings is 1. The molecule has 0 N–H and O–H groups in total. The maximum Gasteiger partial charge on any atom is 0.297 e. The number of aromatic nitrogens is 1. The first-order chi connectivity index (χ1) is 19.0. The number of benzene rings is 4. The standard InChI is InChI=1S/C35H30BNO2/c1-21(2)26-12-9-13-27(22(3)4)33(26)36-29-14-7-8-15-31(29)38-34-28-19-30(37-20-32(28)39-35(34)36)25-17-16-23-10-5-6-11-24(23)18-25/h5-22H,1-4H3. The molecule has 39 heavy (non-hydrogen) atoms. The monoisotopic (exact) mass is 507 g/mol. The molecule has 0 saturated heterocycles. The van der Waals surface area contributed by atoms with Crippen LogP contribution in [0.25, 0.3) is 33.0 Å². The zero-order valence-corrected chi connectivity index (χ0v) is 22.7. The van der Waals surface area contributed by atoms with E-state index < -0.39 is 0 Å². The summed E-state index contributed by atoms with van der Waals surface area (Å²) < 4.78 is 13.3. The zero-order chi connectivity index (χ0) is 26.7. The SMILES string of the molecule is CC(C)c1cccc(C(C)C)c1B1c2ccccc2Oc2c1oc1cnc(-c3ccc4ccccc4c3)cc21. The van der Waals surface area contributed by atoms with Gasteiger partial charge in [0.15, 0.2) is 11.3 Å². The molecule has 7 rings (SSSR count). The van der Waals surface area contributed by atoms with Crippen molar-refractivity contribution in [3.63, 3.8) is 0 Å². The van der Waals surface area contributed by atoms with Crippen LogP contribution < -0.4 is 21.3 Å². The van der Waals surface area contributed by atoms with Crippen LogP contribution in [0.15, 0.2) is 102 Å². The Balaban J connectivity index is 1.46. The maximum atomic E-state index is 6.66. The molecule has 4 heteroatoms. The summed E-state index contributed by atoms with van der Waals surface area (Å²) in [5, 5.41) is 3.37. The third-order valence-corrected chi connectivity index (χ3v) is 8.01.